The number of hydrogen-bond donors (Lipinski definition) is 0. The third-order valence-electron chi connectivity index (χ3n) is 3.80. The number of nitriles is 1. The van der Waals surface area contributed by atoms with Gasteiger partial charge in [-0.05, 0) is 41.9 Å². The number of rotatable bonds is 2. The van der Waals surface area contributed by atoms with E-state index in [0.717, 1.165) is 16.5 Å². The summed E-state index contributed by atoms with van der Waals surface area (Å²) in [4.78, 5) is 0. The molecule has 0 N–H and O–H groups in total. The first kappa shape index (κ1) is 12.5. The smallest absolute Gasteiger partial charge is 0.0669 e. The minimum absolute atomic E-state index is 0.446. The van der Waals surface area contributed by atoms with Crippen LogP contribution in [0.5, 0.6) is 0 Å². The monoisotopic (exact) mass is 247 g/mol. The second-order valence-electron chi connectivity index (χ2n) is 5.15. The largest absolute Gasteiger partial charge is 0.198 e. The normalized spacial score (nSPS) is 24.3. The Balaban J connectivity index is 2.14. The molecule has 1 aliphatic carbocycles. The molecule has 17 heavy (non-hydrogen) atoms. The third kappa shape index (κ3) is 3.01. The van der Waals surface area contributed by atoms with E-state index in [9.17, 15) is 0 Å². The molecule has 0 radical (unpaired) electrons. The van der Waals surface area contributed by atoms with E-state index in [2.05, 4.69) is 19.1 Å². The molecule has 1 aromatic rings. The zero-order chi connectivity index (χ0) is 12.3. The van der Waals surface area contributed by atoms with Gasteiger partial charge in [-0.15, -0.1) is 0 Å². The zero-order valence-corrected chi connectivity index (χ0v) is 11.0. The van der Waals surface area contributed by atoms with Crippen molar-refractivity contribution in [1.82, 2.24) is 0 Å². The Hall–Kier alpha value is -1.00. The molecule has 0 heterocycles. The highest BCUT2D eigenvalue weighted by Crippen LogP contribution is 2.38. The molecule has 1 nitrogen and oxygen atoms in total. The van der Waals surface area contributed by atoms with Gasteiger partial charge >= 0.3 is 0 Å². The van der Waals surface area contributed by atoms with Crippen LogP contribution in [-0.4, -0.2) is 0 Å². The first-order valence-electron chi connectivity index (χ1n) is 6.36. The van der Waals surface area contributed by atoms with Crippen molar-refractivity contribution in [2.75, 3.05) is 0 Å². The van der Waals surface area contributed by atoms with Gasteiger partial charge in [-0.25, -0.2) is 0 Å². The summed E-state index contributed by atoms with van der Waals surface area (Å²) in [5.74, 6) is 1.48. The van der Waals surface area contributed by atoms with E-state index in [1.165, 1.54) is 31.2 Å². The topological polar surface area (TPSA) is 23.8 Å². The van der Waals surface area contributed by atoms with Crippen LogP contribution in [0.4, 0.5) is 0 Å². The Morgan fingerprint density at radius 2 is 2.00 bits per heavy atom. The molecule has 0 bridgehead atoms. The summed E-state index contributed by atoms with van der Waals surface area (Å²) in [7, 11) is 0. The lowest BCUT2D eigenvalue weighted by Gasteiger charge is -2.27. The predicted octanol–water partition coefficient (Wildman–Crippen LogP) is 4.70. The minimum Gasteiger partial charge on any atom is -0.198 e. The molecule has 2 heteroatoms. The molecule has 1 aromatic carbocycles. The first-order valence-corrected chi connectivity index (χ1v) is 6.73. The van der Waals surface area contributed by atoms with Crippen LogP contribution < -0.4 is 0 Å². The highest BCUT2D eigenvalue weighted by Gasteiger charge is 2.21. The Bertz CT molecular complexity index is 425. The fourth-order valence-corrected chi connectivity index (χ4v) is 3.03. The number of halogens is 1. The van der Waals surface area contributed by atoms with Crippen LogP contribution in [0.1, 0.15) is 49.7 Å². The van der Waals surface area contributed by atoms with E-state index in [-0.39, 0.29) is 0 Å². The Morgan fingerprint density at radius 3 is 2.59 bits per heavy atom. The van der Waals surface area contributed by atoms with Crippen LogP contribution in [0.15, 0.2) is 18.2 Å². The summed E-state index contributed by atoms with van der Waals surface area (Å²) in [5, 5.41) is 9.51. The molecule has 0 saturated heterocycles. The Morgan fingerprint density at radius 1 is 1.29 bits per heavy atom. The van der Waals surface area contributed by atoms with Crippen LogP contribution in [-0.2, 0) is 6.42 Å². The minimum atomic E-state index is 0.446. The summed E-state index contributed by atoms with van der Waals surface area (Å²) in [6.07, 6.45) is 5.56. The lowest BCUT2D eigenvalue weighted by molar-refractivity contribution is 0.348. The van der Waals surface area contributed by atoms with E-state index in [1.54, 1.807) is 0 Å². The van der Waals surface area contributed by atoms with Crippen molar-refractivity contribution in [1.29, 1.82) is 5.26 Å². The molecular weight excluding hydrogens is 230 g/mol. The second kappa shape index (κ2) is 5.56. The van der Waals surface area contributed by atoms with E-state index in [1.807, 2.05) is 12.1 Å². The van der Waals surface area contributed by atoms with Gasteiger partial charge in [0.2, 0.25) is 0 Å². The van der Waals surface area contributed by atoms with Crippen LogP contribution >= 0.6 is 11.6 Å². The van der Waals surface area contributed by atoms with Crippen molar-refractivity contribution < 1.29 is 0 Å². The van der Waals surface area contributed by atoms with E-state index in [0.29, 0.717) is 12.3 Å². The summed E-state index contributed by atoms with van der Waals surface area (Å²) < 4.78 is 0. The molecule has 90 valence electrons. The molecule has 0 unspecified atom stereocenters. The van der Waals surface area contributed by atoms with Gasteiger partial charge in [0.25, 0.3) is 0 Å². The molecule has 0 aliphatic heterocycles. The molecule has 0 atom stereocenters. The van der Waals surface area contributed by atoms with Gasteiger partial charge in [-0.1, -0.05) is 43.5 Å². The van der Waals surface area contributed by atoms with Crippen molar-refractivity contribution in [2.45, 2.75) is 44.9 Å². The first-order chi connectivity index (χ1) is 8.20. The van der Waals surface area contributed by atoms with Crippen molar-refractivity contribution in [3.63, 3.8) is 0 Å². The Kier molecular flexibility index (Phi) is 4.07. The van der Waals surface area contributed by atoms with Gasteiger partial charge < -0.3 is 0 Å². The standard InChI is InChI=1S/C15H18ClN/c1-11-2-5-13(6-3-11)14-7-4-12(8-9-17)10-15(14)16/h4,7,10-11,13H,2-3,5-6,8H2,1H3. The molecule has 0 aromatic heterocycles. The fraction of sp³-hybridized carbons (Fsp3) is 0.533. The van der Waals surface area contributed by atoms with Gasteiger partial charge in [-0.3, -0.25) is 0 Å². The van der Waals surface area contributed by atoms with Crippen molar-refractivity contribution >= 4 is 11.6 Å². The van der Waals surface area contributed by atoms with Crippen molar-refractivity contribution in [3.05, 3.63) is 34.3 Å². The van der Waals surface area contributed by atoms with Gasteiger partial charge in [-0.2, -0.15) is 5.26 Å². The molecule has 1 aliphatic rings. The average molecular weight is 248 g/mol. The lowest BCUT2D eigenvalue weighted by atomic mass is 9.79. The summed E-state index contributed by atoms with van der Waals surface area (Å²) in [6, 6.07) is 8.28. The van der Waals surface area contributed by atoms with Gasteiger partial charge in [0.1, 0.15) is 0 Å². The highest BCUT2D eigenvalue weighted by molar-refractivity contribution is 6.31. The van der Waals surface area contributed by atoms with E-state index < -0.39 is 0 Å². The second-order valence-corrected chi connectivity index (χ2v) is 5.55. The van der Waals surface area contributed by atoms with Crippen molar-refractivity contribution in [2.24, 2.45) is 5.92 Å². The average Bonchev–Trinajstić information content (AvgIpc) is 2.31. The van der Waals surface area contributed by atoms with Gasteiger partial charge in [0.15, 0.2) is 0 Å². The summed E-state index contributed by atoms with van der Waals surface area (Å²) >= 11 is 6.33. The molecular formula is C15H18ClN. The Labute approximate surface area is 108 Å². The number of hydrogen-bond acceptors (Lipinski definition) is 1. The highest BCUT2D eigenvalue weighted by atomic mass is 35.5. The van der Waals surface area contributed by atoms with E-state index in [4.69, 9.17) is 16.9 Å². The quantitative estimate of drug-likeness (QED) is 0.743. The maximum absolute atomic E-state index is 8.66. The molecule has 1 saturated carbocycles. The number of nitrogens with zero attached hydrogens (tertiary/aromatic N) is 1. The molecule has 2 rings (SSSR count). The van der Waals surface area contributed by atoms with Crippen molar-refractivity contribution in [3.8, 4) is 6.07 Å². The van der Waals surface area contributed by atoms with Gasteiger partial charge in [0.05, 0.1) is 12.5 Å². The van der Waals surface area contributed by atoms with Crippen LogP contribution in [0.25, 0.3) is 0 Å². The van der Waals surface area contributed by atoms with Gasteiger partial charge in [0, 0.05) is 5.02 Å². The SMILES string of the molecule is CC1CCC(c2ccc(CC#N)cc2Cl)CC1. The molecule has 0 amide bonds. The third-order valence-corrected chi connectivity index (χ3v) is 4.13. The van der Waals surface area contributed by atoms with Crippen LogP contribution in [0, 0.1) is 17.2 Å². The summed E-state index contributed by atoms with van der Waals surface area (Å²) in [6.45, 7) is 2.33. The fourth-order valence-electron chi connectivity index (χ4n) is 2.67. The van der Waals surface area contributed by atoms with E-state index >= 15 is 0 Å². The maximum Gasteiger partial charge on any atom is 0.0669 e. The number of benzene rings is 1. The maximum atomic E-state index is 8.66. The van der Waals surface area contributed by atoms with Crippen LogP contribution in [0.2, 0.25) is 5.02 Å². The van der Waals surface area contributed by atoms with Crippen LogP contribution in [0.3, 0.4) is 0 Å². The zero-order valence-electron chi connectivity index (χ0n) is 10.2. The predicted molar refractivity (Wildman–Crippen MR) is 71.1 cm³/mol. The molecule has 0 spiro atoms. The lowest BCUT2D eigenvalue weighted by Crippen LogP contribution is -2.11. The summed E-state index contributed by atoms with van der Waals surface area (Å²) in [5.41, 5.74) is 2.30. The molecule has 1 fully saturated rings.